The summed E-state index contributed by atoms with van der Waals surface area (Å²) in [5.41, 5.74) is 0.837. The fraction of sp³-hybridized carbons (Fsp3) is 0.0435. The monoisotopic (exact) mass is 402 g/mol. The van der Waals surface area contributed by atoms with E-state index in [-0.39, 0.29) is 23.1 Å². The molecule has 1 aliphatic heterocycles. The molecule has 2 aromatic carbocycles. The van der Waals surface area contributed by atoms with E-state index in [0.717, 1.165) is 5.39 Å². The van der Waals surface area contributed by atoms with Crippen LogP contribution in [0.15, 0.2) is 75.5 Å². The smallest absolute Gasteiger partial charge is 0.379 e. The summed E-state index contributed by atoms with van der Waals surface area (Å²) in [6.45, 7) is 0. The zero-order chi connectivity index (χ0) is 20.7. The first-order valence-corrected chi connectivity index (χ1v) is 9.03. The first kappa shape index (κ1) is 17.8. The van der Waals surface area contributed by atoms with Crippen molar-refractivity contribution in [2.24, 2.45) is 0 Å². The number of para-hydroxylation sites is 1. The van der Waals surface area contributed by atoms with Crippen molar-refractivity contribution in [3.8, 4) is 17.2 Å². The second kappa shape index (κ2) is 6.97. The third kappa shape index (κ3) is 3.02. The van der Waals surface area contributed by atoms with Gasteiger partial charge in [-0.2, -0.15) is 0 Å². The predicted molar refractivity (Wildman–Crippen MR) is 106 cm³/mol. The quantitative estimate of drug-likeness (QED) is 0.273. The normalized spacial score (nSPS) is 14.0. The van der Waals surface area contributed by atoms with Crippen molar-refractivity contribution in [1.82, 2.24) is 0 Å². The van der Waals surface area contributed by atoms with Crippen LogP contribution in [0.4, 0.5) is 0 Å². The van der Waals surface area contributed by atoms with E-state index in [1.54, 1.807) is 42.5 Å². The number of benzene rings is 2. The molecule has 7 nitrogen and oxygen atoms in total. The zero-order valence-corrected chi connectivity index (χ0v) is 15.7. The Morgan fingerprint density at radius 2 is 1.97 bits per heavy atom. The van der Waals surface area contributed by atoms with Crippen molar-refractivity contribution >= 4 is 28.8 Å². The zero-order valence-electron chi connectivity index (χ0n) is 15.7. The minimum absolute atomic E-state index is 0.0328. The van der Waals surface area contributed by atoms with Gasteiger partial charge in [-0.1, -0.05) is 12.1 Å². The number of carbonyl (C=O) groups is 2. The van der Waals surface area contributed by atoms with Crippen molar-refractivity contribution in [3.63, 3.8) is 0 Å². The molecule has 0 atom stereocenters. The predicted octanol–water partition coefficient (Wildman–Crippen LogP) is 4.87. The van der Waals surface area contributed by atoms with E-state index in [9.17, 15) is 9.59 Å². The number of ketones is 1. The number of allylic oxidation sites excluding steroid dienone is 1. The van der Waals surface area contributed by atoms with Crippen LogP contribution in [-0.2, 0) is 0 Å². The lowest BCUT2D eigenvalue weighted by Crippen LogP contribution is -2.07. The number of hydrogen-bond donors (Lipinski definition) is 0. The summed E-state index contributed by atoms with van der Waals surface area (Å²) >= 11 is 0. The van der Waals surface area contributed by atoms with E-state index < -0.39 is 5.97 Å². The highest BCUT2D eigenvalue weighted by atomic mass is 16.6. The molecule has 4 aromatic rings. The van der Waals surface area contributed by atoms with E-state index in [1.165, 1.54) is 31.6 Å². The molecule has 3 heterocycles. The van der Waals surface area contributed by atoms with Gasteiger partial charge >= 0.3 is 5.97 Å². The maximum absolute atomic E-state index is 12.5. The number of esters is 1. The Morgan fingerprint density at radius 3 is 2.77 bits per heavy atom. The lowest BCUT2D eigenvalue weighted by molar-refractivity contribution is 0.0703. The van der Waals surface area contributed by atoms with Gasteiger partial charge in [0.1, 0.15) is 17.3 Å². The van der Waals surface area contributed by atoms with Gasteiger partial charge in [0.2, 0.25) is 11.5 Å². The Kier molecular flexibility index (Phi) is 4.14. The maximum Gasteiger partial charge on any atom is 0.379 e. The molecule has 0 bridgehead atoms. The molecule has 30 heavy (non-hydrogen) atoms. The molecule has 0 saturated carbocycles. The molecule has 0 fully saturated rings. The van der Waals surface area contributed by atoms with E-state index in [4.69, 9.17) is 23.0 Å². The average Bonchev–Trinajstić information content (AvgIpc) is 3.48. The minimum Gasteiger partial charge on any atom is -0.493 e. The molecule has 148 valence electrons. The van der Waals surface area contributed by atoms with E-state index >= 15 is 0 Å². The molecule has 1 aliphatic rings. The summed E-state index contributed by atoms with van der Waals surface area (Å²) in [5.74, 6) is 0.753. The van der Waals surface area contributed by atoms with Crippen molar-refractivity contribution in [3.05, 3.63) is 83.7 Å². The number of carbonyl (C=O) groups excluding carboxylic acids is 2. The molecule has 0 spiro atoms. The van der Waals surface area contributed by atoms with Crippen LogP contribution < -0.4 is 14.2 Å². The molecule has 0 saturated heterocycles. The summed E-state index contributed by atoms with van der Waals surface area (Å²) in [4.78, 5) is 25.0. The topological polar surface area (TPSA) is 88.1 Å². The number of methoxy groups -OCH3 is 1. The molecule has 0 amide bonds. The van der Waals surface area contributed by atoms with Crippen LogP contribution in [0, 0.1) is 0 Å². The first-order chi connectivity index (χ1) is 14.6. The summed E-state index contributed by atoms with van der Waals surface area (Å²) < 4.78 is 27.1. The maximum atomic E-state index is 12.5. The first-order valence-electron chi connectivity index (χ1n) is 9.03. The number of rotatable bonds is 4. The molecule has 0 radical (unpaired) electrons. The summed E-state index contributed by atoms with van der Waals surface area (Å²) in [6.07, 6.45) is 3.01. The Labute approximate surface area is 170 Å². The van der Waals surface area contributed by atoms with Gasteiger partial charge in [-0.05, 0) is 36.4 Å². The van der Waals surface area contributed by atoms with Gasteiger partial charge in [-0.3, -0.25) is 4.79 Å². The van der Waals surface area contributed by atoms with Crippen LogP contribution >= 0.6 is 0 Å². The Morgan fingerprint density at radius 1 is 1.07 bits per heavy atom. The SMILES string of the molecule is COc1cccc2cc(C(=O)Oc3ccc4c(c3)O/C(=C\c3ccco3)C4=O)oc12. The molecule has 5 rings (SSSR count). The van der Waals surface area contributed by atoms with Crippen LogP contribution in [0.2, 0.25) is 0 Å². The Balaban J connectivity index is 1.39. The number of ether oxygens (including phenoxy) is 3. The van der Waals surface area contributed by atoms with Crippen molar-refractivity contribution in [2.45, 2.75) is 0 Å². The van der Waals surface area contributed by atoms with Crippen LogP contribution in [0.3, 0.4) is 0 Å². The van der Waals surface area contributed by atoms with E-state index in [2.05, 4.69) is 0 Å². The van der Waals surface area contributed by atoms with Crippen LogP contribution in [-0.4, -0.2) is 18.9 Å². The van der Waals surface area contributed by atoms with Crippen LogP contribution in [0.5, 0.6) is 17.2 Å². The molecular formula is C23H14O7. The molecule has 7 heteroatoms. The second-order valence-electron chi connectivity index (χ2n) is 6.49. The Bertz CT molecular complexity index is 1310. The molecule has 0 aliphatic carbocycles. The largest absolute Gasteiger partial charge is 0.493 e. The minimum atomic E-state index is -0.677. The summed E-state index contributed by atoms with van der Waals surface area (Å²) in [5, 5.41) is 0.719. The summed E-state index contributed by atoms with van der Waals surface area (Å²) in [7, 11) is 1.52. The number of fused-ring (bicyclic) bond motifs is 2. The van der Waals surface area contributed by atoms with E-state index in [0.29, 0.717) is 28.4 Å². The van der Waals surface area contributed by atoms with Gasteiger partial charge in [-0.15, -0.1) is 0 Å². The van der Waals surface area contributed by atoms with Gasteiger partial charge < -0.3 is 23.0 Å². The average molecular weight is 402 g/mol. The van der Waals surface area contributed by atoms with Crippen molar-refractivity contribution in [1.29, 1.82) is 0 Å². The number of furan rings is 2. The molecular weight excluding hydrogens is 388 g/mol. The summed E-state index contributed by atoms with van der Waals surface area (Å²) in [6, 6.07) is 14.9. The number of Topliss-reactive ketones (excluding diaryl/α,β-unsaturated/α-hetero) is 1. The number of hydrogen-bond acceptors (Lipinski definition) is 7. The highest BCUT2D eigenvalue weighted by Gasteiger charge is 2.28. The highest BCUT2D eigenvalue weighted by Crippen LogP contribution is 2.35. The molecule has 0 N–H and O–H groups in total. The fourth-order valence-corrected chi connectivity index (χ4v) is 3.19. The lowest BCUT2D eigenvalue weighted by Gasteiger charge is -2.04. The van der Waals surface area contributed by atoms with Crippen molar-refractivity contribution in [2.75, 3.05) is 7.11 Å². The van der Waals surface area contributed by atoms with Gasteiger partial charge in [-0.25, -0.2) is 4.79 Å². The van der Waals surface area contributed by atoms with Gasteiger partial charge in [0, 0.05) is 17.5 Å². The third-order valence-corrected chi connectivity index (χ3v) is 4.60. The van der Waals surface area contributed by atoms with Gasteiger partial charge in [0.25, 0.3) is 0 Å². The fourth-order valence-electron chi connectivity index (χ4n) is 3.19. The van der Waals surface area contributed by atoms with Gasteiger partial charge in [0.15, 0.2) is 17.1 Å². The lowest BCUT2D eigenvalue weighted by atomic mass is 10.1. The van der Waals surface area contributed by atoms with E-state index in [1.807, 2.05) is 0 Å². The van der Waals surface area contributed by atoms with Gasteiger partial charge in [0.05, 0.1) is 18.9 Å². The highest BCUT2D eigenvalue weighted by molar-refractivity contribution is 6.14. The third-order valence-electron chi connectivity index (χ3n) is 4.60. The van der Waals surface area contributed by atoms with Crippen LogP contribution in [0.25, 0.3) is 17.0 Å². The second-order valence-corrected chi connectivity index (χ2v) is 6.49. The Hall–Kier alpha value is -4.26. The molecule has 2 aromatic heterocycles. The van der Waals surface area contributed by atoms with Crippen molar-refractivity contribution < 1.29 is 32.6 Å². The molecule has 0 unspecified atom stereocenters. The van der Waals surface area contributed by atoms with Crippen LogP contribution in [0.1, 0.15) is 26.7 Å². The standard InChI is InChI=1S/C23H14O7/c1-26-17-6-2-4-13-10-20(30-22(13)17)23(25)28-15-7-8-16-18(12-15)29-19(21(16)24)11-14-5-3-9-27-14/h2-12H,1H3/b19-11-.